The van der Waals surface area contributed by atoms with Crippen molar-refractivity contribution < 1.29 is 9.53 Å². The van der Waals surface area contributed by atoms with Crippen LogP contribution in [0, 0.1) is 0 Å². The number of halogens is 1. The van der Waals surface area contributed by atoms with Crippen molar-refractivity contribution in [3.63, 3.8) is 0 Å². The number of fused-ring (bicyclic) bond motifs is 1. The summed E-state index contributed by atoms with van der Waals surface area (Å²) in [5, 5.41) is 1.63. The minimum atomic E-state index is 0.0732. The number of hydrogen-bond acceptors (Lipinski definition) is 4. The molecule has 7 heteroatoms. The van der Waals surface area contributed by atoms with E-state index in [1.807, 2.05) is 54.4 Å². The molecule has 0 aliphatic rings. The van der Waals surface area contributed by atoms with E-state index in [4.69, 9.17) is 16.3 Å². The molecule has 0 saturated heterocycles. The van der Waals surface area contributed by atoms with E-state index in [-0.39, 0.29) is 5.91 Å². The van der Waals surface area contributed by atoms with Crippen molar-refractivity contribution in [2.45, 2.75) is 19.4 Å². The molecule has 34 heavy (non-hydrogen) atoms. The Morgan fingerprint density at radius 3 is 2.06 bits per heavy atom. The fourth-order valence-corrected chi connectivity index (χ4v) is 4.29. The van der Waals surface area contributed by atoms with E-state index in [9.17, 15) is 4.79 Å². The number of ether oxygens (including phenoxy) is 1. The van der Waals surface area contributed by atoms with Gasteiger partial charge < -0.3 is 24.0 Å². The maximum Gasteiger partial charge on any atom is 0.256 e. The van der Waals surface area contributed by atoms with Gasteiger partial charge in [0.1, 0.15) is 12.4 Å². The van der Waals surface area contributed by atoms with E-state index in [1.54, 1.807) is 0 Å². The summed E-state index contributed by atoms with van der Waals surface area (Å²) in [6, 6.07) is 15.4. The number of benzene rings is 2. The smallest absolute Gasteiger partial charge is 0.256 e. The first-order chi connectivity index (χ1) is 16.3. The van der Waals surface area contributed by atoms with Gasteiger partial charge in [-0.3, -0.25) is 4.79 Å². The van der Waals surface area contributed by atoms with Crippen molar-refractivity contribution in [2.24, 2.45) is 7.05 Å². The van der Waals surface area contributed by atoms with Gasteiger partial charge >= 0.3 is 0 Å². The van der Waals surface area contributed by atoms with Gasteiger partial charge in [0.15, 0.2) is 0 Å². The van der Waals surface area contributed by atoms with Crippen molar-refractivity contribution in [1.29, 1.82) is 0 Å². The predicted octanol–water partition coefficient (Wildman–Crippen LogP) is 4.76. The molecule has 3 aromatic rings. The molecule has 0 radical (unpaired) electrons. The Morgan fingerprint density at radius 2 is 1.47 bits per heavy atom. The summed E-state index contributed by atoms with van der Waals surface area (Å²) in [5.74, 6) is 0.797. The van der Waals surface area contributed by atoms with Crippen molar-refractivity contribution in [3.8, 4) is 5.75 Å². The molecular weight excluding hydrogens is 448 g/mol. The van der Waals surface area contributed by atoms with Crippen LogP contribution in [0.1, 0.15) is 28.9 Å². The second-order valence-electron chi connectivity index (χ2n) is 9.25. The van der Waals surface area contributed by atoms with Crippen LogP contribution < -0.4 is 4.74 Å². The van der Waals surface area contributed by atoms with Gasteiger partial charge in [0.25, 0.3) is 5.91 Å². The first-order valence-electron chi connectivity index (χ1n) is 11.8. The molecule has 0 fully saturated rings. The second kappa shape index (κ2) is 12.2. The Hall–Kier alpha value is -2.54. The van der Waals surface area contributed by atoms with Gasteiger partial charge in [-0.25, -0.2) is 0 Å². The number of aryl methyl sites for hydroxylation is 1. The Labute approximate surface area is 208 Å². The Balaban J connectivity index is 1.92. The molecule has 0 unspecified atom stereocenters. The van der Waals surface area contributed by atoms with Crippen LogP contribution in [0.25, 0.3) is 10.9 Å². The molecule has 0 aliphatic carbocycles. The lowest BCUT2D eigenvalue weighted by molar-refractivity contribution is 0.0743. The van der Waals surface area contributed by atoms with Crippen LogP contribution in [0.5, 0.6) is 5.75 Å². The molecule has 0 atom stereocenters. The maximum atomic E-state index is 14.0. The minimum absolute atomic E-state index is 0.0732. The molecule has 0 bridgehead atoms. The molecule has 3 rings (SSSR count). The Bertz CT molecular complexity index is 1060. The van der Waals surface area contributed by atoms with Crippen LogP contribution in [0.3, 0.4) is 0 Å². The zero-order chi connectivity index (χ0) is 24.7. The maximum absolute atomic E-state index is 14.0. The second-order valence-corrected chi connectivity index (χ2v) is 9.68. The number of aromatic nitrogens is 1. The van der Waals surface area contributed by atoms with Gasteiger partial charge in [-0.1, -0.05) is 29.8 Å². The average Bonchev–Trinajstić information content (AvgIpc) is 3.08. The van der Waals surface area contributed by atoms with Crippen molar-refractivity contribution in [3.05, 3.63) is 64.8 Å². The summed E-state index contributed by atoms with van der Waals surface area (Å²) in [6.45, 7) is 3.65. The summed E-state index contributed by atoms with van der Waals surface area (Å²) in [4.78, 5) is 20.3. The van der Waals surface area contributed by atoms with Crippen LogP contribution in [-0.4, -0.2) is 79.5 Å². The molecule has 0 saturated carbocycles. The van der Waals surface area contributed by atoms with E-state index in [0.717, 1.165) is 66.9 Å². The lowest BCUT2D eigenvalue weighted by Crippen LogP contribution is -2.36. The van der Waals surface area contributed by atoms with E-state index < -0.39 is 0 Å². The molecule has 0 spiro atoms. The van der Waals surface area contributed by atoms with Crippen LogP contribution in [-0.2, 0) is 13.7 Å². The number of rotatable bonds is 12. The highest BCUT2D eigenvalue weighted by molar-refractivity contribution is 6.30. The van der Waals surface area contributed by atoms with Gasteiger partial charge in [0.2, 0.25) is 0 Å². The zero-order valence-corrected chi connectivity index (χ0v) is 21.8. The molecule has 6 nitrogen and oxygen atoms in total. The average molecular weight is 485 g/mol. The molecule has 1 amide bonds. The molecule has 1 aromatic heterocycles. The van der Waals surface area contributed by atoms with Crippen LogP contribution in [0.4, 0.5) is 0 Å². The van der Waals surface area contributed by atoms with Gasteiger partial charge in [-0.05, 0) is 84.5 Å². The number of hydrogen-bond donors (Lipinski definition) is 0. The number of amides is 1. The lowest BCUT2D eigenvalue weighted by Gasteiger charge is -2.25. The number of nitrogens with zero attached hydrogens (tertiary/aromatic N) is 4. The number of carbonyl (C=O) groups is 1. The SMILES string of the molecule is CN(C)CCCN(CCCN(C)C)C(=O)c1c(COc2ccc(Cl)cc2)n(C)c2ccccc12. The van der Waals surface area contributed by atoms with Gasteiger partial charge in [0.05, 0.1) is 11.3 Å². The molecule has 184 valence electrons. The third-order valence-corrected chi connectivity index (χ3v) is 6.24. The van der Waals surface area contributed by atoms with E-state index in [2.05, 4.69) is 48.6 Å². The van der Waals surface area contributed by atoms with Gasteiger partial charge in [0, 0.05) is 36.1 Å². The van der Waals surface area contributed by atoms with Crippen molar-refractivity contribution >= 4 is 28.4 Å². The lowest BCUT2D eigenvalue weighted by atomic mass is 10.1. The van der Waals surface area contributed by atoms with Crippen LogP contribution in [0.15, 0.2) is 48.5 Å². The molecular formula is C27H37ClN4O2. The first kappa shape index (κ1) is 26.1. The monoisotopic (exact) mass is 484 g/mol. The molecule has 0 aliphatic heterocycles. The summed E-state index contributed by atoms with van der Waals surface area (Å²) >= 11 is 6.02. The topological polar surface area (TPSA) is 40.9 Å². The third-order valence-electron chi connectivity index (χ3n) is 5.99. The number of para-hydroxylation sites is 1. The van der Waals surface area contributed by atoms with Crippen LogP contribution in [0.2, 0.25) is 5.02 Å². The van der Waals surface area contributed by atoms with Gasteiger partial charge in [-0.15, -0.1) is 0 Å². The minimum Gasteiger partial charge on any atom is -0.487 e. The molecule has 1 heterocycles. The fourth-order valence-electron chi connectivity index (χ4n) is 4.16. The highest BCUT2D eigenvalue weighted by Gasteiger charge is 2.25. The Morgan fingerprint density at radius 1 is 0.882 bits per heavy atom. The summed E-state index contributed by atoms with van der Waals surface area (Å²) in [5.41, 5.74) is 2.65. The summed E-state index contributed by atoms with van der Waals surface area (Å²) < 4.78 is 8.17. The van der Waals surface area contributed by atoms with E-state index in [0.29, 0.717) is 11.6 Å². The van der Waals surface area contributed by atoms with Crippen molar-refractivity contribution in [1.82, 2.24) is 19.3 Å². The normalized spacial score (nSPS) is 11.5. The highest BCUT2D eigenvalue weighted by Crippen LogP contribution is 2.28. The predicted molar refractivity (Wildman–Crippen MR) is 141 cm³/mol. The number of carbonyl (C=O) groups excluding carboxylic acids is 1. The zero-order valence-electron chi connectivity index (χ0n) is 21.1. The quantitative estimate of drug-likeness (QED) is 0.372. The highest BCUT2D eigenvalue weighted by atomic mass is 35.5. The fraction of sp³-hybridized carbons (Fsp3) is 0.444. The standard InChI is InChI=1S/C27H37ClN4O2/c1-29(2)16-8-18-32(19-9-17-30(3)4)27(33)26-23-10-6-7-11-24(23)31(5)25(26)20-34-22-14-12-21(28)13-15-22/h6-7,10-15H,8-9,16-20H2,1-5H3. The molecule has 0 N–H and O–H groups in total. The van der Waals surface area contributed by atoms with Gasteiger partial charge in [-0.2, -0.15) is 0 Å². The van der Waals surface area contributed by atoms with E-state index in [1.165, 1.54) is 0 Å². The van der Waals surface area contributed by atoms with E-state index >= 15 is 0 Å². The third kappa shape index (κ3) is 6.75. The Kier molecular flexibility index (Phi) is 9.39. The van der Waals surface area contributed by atoms with Crippen molar-refractivity contribution in [2.75, 3.05) is 54.4 Å². The summed E-state index contributed by atoms with van der Waals surface area (Å²) in [6.07, 6.45) is 1.87. The largest absolute Gasteiger partial charge is 0.487 e. The first-order valence-corrected chi connectivity index (χ1v) is 12.2. The molecule has 2 aromatic carbocycles. The van der Waals surface area contributed by atoms with Crippen LogP contribution >= 0.6 is 11.6 Å². The summed E-state index contributed by atoms with van der Waals surface area (Å²) in [7, 11) is 10.3.